The van der Waals surface area contributed by atoms with Gasteiger partial charge in [0.05, 0.1) is 0 Å². The summed E-state index contributed by atoms with van der Waals surface area (Å²) in [6, 6.07) is 16.6. The van der Waals surface area contributed by atoms with Crippen LogP contribution in [0.1, 0.15) is 16.7 Å². The van der Waals surface area contributed by atoms with Crippen LogP contribution in [0, 0.1) is 13.8 Å². The Morgan fingerprint density at radius 2 is 1.65 bits per heavy atom. The largest absolute Gasteiger partial charge is 0.356 e. The zero-order valence-electron chi connectivity index (χ0n) is 10.3. The summed E-state index contributed by atoms with van der Waals surface area (Å²) in [5.41, 5.74) is 5.64. The highest BCUT2D eigenvalue weighted by atomic mass is 14.9. The maximum absolute atomic E-state index is 4.07. The second kappa shape index (κ2) is 4.88. The van der Waals surface area contributed by atoms with Gasteiger partial charge in [0.2, 0.25) is 0 Å². The van der Waals surface area contributed by atoms with Crippen LogP contribution >= 0.6 is 0 Å². The predicted molar refractivity (Wildman–Crippen MR) is 75.0 cm³/mol. The first-order valence-corrected chi connectivity index (χ1v) is 5.75. The van der Waals surface area contributed by atoms with Crippen LogP contribution in [0.4, 0.5) is 5.69 Å². The van der Waals surface area contributed by atoms with Gasteiger partial charge >= 0.3 is 0 Å². The van der Waals surface area contributed by atoms with Gasteiger partial charge in [-0.3, -0.25) is 0 Å². The van der Waals surface area contributed by atoms with E-state index >= 15 is 0 Å². The van der Waals surface area contributed by atoms with Crippen LogP contribution in [0.2, 0.25) is 0 Å². The van der Waals surface area contributed by atoms with Gasteiger partial charge < -0.3 is 5.32 Å². The lowest BCUT2D eigenvalue weighted by molar-refractivity contribution is 1.43. The first kappa shape index (κ1) is 11.5. The Labute approximate surface area is 103 Å². The summed E-state index contributed by atoms with van der Waals surface area (Å²) in [5, 5.41) is 3.32. The fourth-order valence-electron chi connectivity index (χ4n) is 1.72. The standard InChI is InChI=1S/C16H17N/c1-12-7-9-16(10-8-12)17-14(3)15-6-4-5-13(2)11-15/h4-11,17H,3H2,1-2H3. The van der Waals surface area contributed by atoms with E-state index in [1.54, 1.807) is 0 Å². The number of nitrogens with one attached hydrogen (secondary N) is 1. The molecule has 0 saturated heterocycles. The molecule has 0 aliphatic rings. The molecule has 0 unspecified atom stereocenters. The molecular weight excluding hydrogens is 206 g/mol. The summed E-state index contributed by atoms with van der Waals surface area (Å²) >= 11 is 0. The molecule has 0 aliphatic carbocycles. The lowest BCUT2D eigenvalue weighted by Gasteiger charge is -2.10. The number of rotatable bonds is 3. The van der Waals surface area contributed by atoms with Crippen LogP contribution < -0.4 is 5.32 Å². The van der Waals surface area contributed by atoms with Crippen LogP contribution in [0.25, 0.3) is 5.70 Å². The molecule has 1 heteroatoms. The van der Waals surface area contributed by atoms with Gasteiger partial charge in [0.15, 0.2) is 0 Å². The van der Waals surface area contributed by atoms with Crippen LogP contribution in [-0.4, -0.2) is 0 Å². The monoisotopic (exact) mass is 223 g/mol. The van der Waals surface area contributed by atoms with Crippen molar-refractivity contribution in [1.82, 2.24) is 0 Å². The quantitative estimate of drug-likeness (QED) is 0.814. The van der Waals surface area contributed by atoms with Crippen molar-refractivity contribution in [3.63, 3.8) is 0 Å². The molecule has 0 spiro atoms. The van der Waals surface area contributed by atoms with Crippen molar-refractivity contribution in [1.29, 1.82) is 0 Å². The molecule has 0 heterocycles. The Morgan fingerprint density at radius 1 is 0.941 bits per heavy atom. The van der Waals surface area contributed by atoms with Gasteiger partial charge in [-0.1, -0.05) is 48.0 Å². The summed E-state index contributed by atoms with van der Waals surface area (Å²) in [4.78, 5) is 0. The molecule has 0 aliphatic heterocycles. The number of hydrogen-bond acceptors (Lipinski definition) is 1. The number of benzene rings is 2. The molecule has 17 heavy (non-hydrogen) atoms. The number of anilines is 1. The highest BCUT2D eigenvalue weighted by molar-refractivity contribution is 5.75. The molecular formula is C16H17N. The van der Waals surface area contributed by atoms with Crippen LogP contribution in [0.15, 0.2) is 55.1 Å². The molecule has 2 aromatic carbocycles. The minimum atomic E-state index is 0.928. The normalized spacial score (nSPS) is 10.0. The van der Waals surface area contributed by atoms with Crippen molar-refractivity contribution in [3.8, 4) is 0 Å². The predicted octanol–water partition coefficient (Wildman–Crippen LogP) is 4.39. The van der Waals surface area contributed by atoms with Gasteiger partial charge in [-0.25, -0.2) is 0 Å². The maximum atomic E-state index is 4.07. The van der Waals surface area contributed by atoms with Crippen molar-refractivity contribution in [2.24, 2.45) is 0 Å². The fraction of sp³-hybridized carbons (Fsp3) is 0.125. The van der Waals surface area contributed by atoms with Crippen molar-refractivity contribution in [3.05, 3.63) is 71.8 Å². The molecule has 0 radical (unpaired) electrons. The zero-order chi connectivity index (χ0) is 12.3. The number of hydrogen-bond donors (Lipinski definition) is 1. The molecule has 0 bridgehead atoms. The van der Waals surface area contributed by atoms with Gasteiger partial charge in [-0.15, -0.1) is 0 Å². The summed E-state index contributed by atoms with van der Waals surface area (Å²) in [6.07, 6.45) is 0. The average molecular weight is 223 g/mol. The number of aryl methyl sites for hydroxylation is 2. The van der Waals surface area contributed by atoms with Gasteiger partial charge in [-0.2, -0.15) is 0 Å². The molecule has 2 aromatic rings. The summed E-state index contributed by atoms with van der Waals surface area (Å²) in [6.45, 7) is 8.24. The lowest BCUT2D eigenvalue weighted by atomic mass is 10.1. The molecule has 86 valence electrons. The summed E-state index contributed by atoms with van der Waals surface area (Å²) < 4.78 is 0. The van der Waals surface area contributed by atoms with Crippen molar-refractivity contribution in [2.45, 2.75) is 13.8 Å². The van der Waals surface area contributed by atoms with E-state index in [0.29, 0.717) is 0 Å². The third-order valence-corrected chi connectivity index (χ3v) is 2.71. The summed E-state index contributed by atoms with van der Waals surface area (Å²) in [7, 11) is 0. The van der Waals surface area contributed by atoms with Gasteiger partial charge in [0.1, 0.15) is 0 Å². The first-order chi connectivity index (χ1) is 8.15. The van der Waals surface area contributed by atoms with Gasteiger partial charge in [0, 0.05) is 11.4 Å². The minimum Gasteiger partial charge on any atom is -0.356 e. The minimum absolute atomic E-state index is 0.928. The van der Waals surface area contributed by atoms with Gasteiger partial charge in [-0.05, 0) is 37.6 Å². The van der Waals surface area contributed by atoms with E-state index in [4.69, 9.17) is 0 Å². The molecule has 0 saturated carbocycles. The Balaban J connectivity index is 2.14. The van der Waals surface area contributed by atoms with E-state index in [0.717, 1.165) is 16.9 Å². The van der Waals surface area contributed by atoms with Crippen LogP contribution in [0.5, 0.6) is 0 Å². The van der Waals surface area contributed by atoms with Crippen LogP contribution in [-0.2, 0) is 0 Å². The van der Waals surface area contributed by atoms with E-state index in [2.05, 4.69) is 68.2 Å². The Morgan fingerprint density at radius 3 is 2.29 bits per heavy atom. The van der Waals surface area contributed by atoms with Crippen LogP contribution in [0.3, 0.4) is 0 Å². The van der Waals surface area contributed by atoms with E-state index in [9.17, 15) is 0 Å². The second-order valence-corrected chi connectivity index (χ2v) is 4.34. The smallest absolute Gasteiger partial charge is 0.0384 e. The summed E-state index contributed by atoms with van der Waals surface area (Å²) in [5.74, 6) is 0. The maximum Gasteiger partial charge on any atom is 0.0384 e. The third-order valence-electron chi connectivity index (χ3n) is 2.71. The van der Waals surface area contributed by atoms with Crippen molar-refractivity contribution >= 4 is 11.4 Å². The lowest BCUT2D eigenvalue weighted by Crippen LogP contribution is -1.97. The topological polar surface area (TPSA) is 12.0 Å². The molecule has 0 fully saturated rings. The SMILES string of the molecule is C=C(Nc1ccc(C)cc1)c1cccc(C)c1. The molecule has 1 nitrogen and oxygen atoms in total. The molecule has 0 amide bonds. The molecule has 1 N–H and O–H groups in total. The molecule has 0 atom stereocenters. The van der Waals surface area contributed by atoms with E-state index < -0.39 is 0 Å². The van der Waals surface area contributed by atoms with Gasteiger partial charge in [0.25, 0.3) is 0 Å². The molecule has 0 aromatic heterocycles. The average Bonchev–Trinajstić information content (AvgIpc) is 2.32. The second-order valence-electron chi connectivity index (χ2n) is 4.34. The highest BCUT2D eigenvalue weighted by Crippen LogP contribution is 2.18. The highest BCUT2D eigenvalue weighted by Gasteiger charge is 1.99. The van der Waals surface area contributed by atoms with E-state index in [1.807, 2.05) is 6.07 Å². The fourth-order valence-corrected chi connectivity index (χ4v) is 1.72. The van der Waals surface area contributed by atoms with Crippen molar-refractivity contribution < 1.29 is 0 Å². The zero-order valence-corrected chi connectivity index (χ0v) is 10.3. The first-order valence-electron chi connectivity index (χ1n) is 5.75. The van der Waals surface area contributed by atoms with E-state index in [-0.39, 0.29) is 0 Å². The Hall–Kier alpha value is -2.02. The molecule has 2 rings (SSSR count). The Bertz CT molecular complexity index is 523. The Kier molecular flexibility index (Phi) is 3.29. The third kappa shape index (κ3) is 2.97. The van der Waals surface area contributed by atoms with E-state index in [1.165, 1.54) is 11.1 Å². The van der Waals surface area contributed by atoms with Crippen molar-refractivity contribution in [2.75, 3.05) is 5.32 Å².